The van der Waals surface area contributed by atoms with Crippen LogP contribution in [0, 0.1) is 5.92 Å². The van der Waals surface area contributed by atoms with Crippen LogP contribution in [-0.4, -0.2) is 25.7 Å². The van der Waals surface area contributed by atoms with Crippen LogP contribution in [0.5, 0.6) is 0 Å². The number of carbonyl (C=O) groups is 1. The first-order valence-electron chi connectivity index (χ1n) is 7.92. The van der Waals surface area contributed by atoms with Gasteiger partial charge in [-0.2, -0.15) is 0 Å². The number of hydrogen-bond acceptors (Lipinski definition) is 2. The molecule has 0 aromatic heterocycles. The summed E-state index contributed by atoms with van der Waals surface area (Å²) in [5, 5.41) is 0. The Bertz CT molecular complexity index is 545. The highest BCUT2D eigenvalue weighted by molar-refractivity contribution is 5.99. The largest absolute Gasteiger partial charge is 0.383 e. The summed E-state index contributed by atoms with van der Waals surface area (Å²) in [6.45, 7) is 10.9. The third kappa shape index (κ3) is 3.25. The molecule has 0 aliphatic carbocycles. The first kappa shape index (κ1) is 16.8. The summed E-state index contributed by atoms with van der Waals surface area (Å²) in [6.07, 6.45) is 3.40. The van der Waals surface area contributed by atoms with Gasteiger partial charge in [0.1, 0.15) is 0 Å². The number of benzene rings is 1. The number of rotatable bonds is 5. The van der Waals surface area contributed by atoms with Gasteiger partial charge < -0.3 is 9.64 Å². The van der Waals surface area contributed by atoms with Crippen molar-refractivity contribution in [2.24, 2.45) is 5.92 Å². The maximum Gasteiger partial charge on any atom is 0.230 e. The lowest BCUT2D eigenvalue weighted by atomic mass is 9.85. The molecule has 3 heteroatoms. The Morgan fingerprint density at radius 2 is 2.05 bits per heavy atom. The van der Waals surface area contributed by atoms with Gasteiger partial charge in [-0.25, -0.2) is 0 Å². The van der Waals surface area contributed by atoms with Gasteiger partial charge in [0.15, 0.2) is 0 Å². The van der Waals surface area contributed by atoms with E-state index in [9.17, 15) is 4.79 Å². The molecule has 3 nitrogen and oxygen atoms in total. The lowest BCUT2D eigenvalue weighted by Crippen LogP contribution is -2.38. The van der Waals surface area contributed by atoms with Gasteiger partial charge in [-0.3, -0.25) is 4.79 Å². The van der Waals surface area contributed by atoms with Gasteiger partial charge in [-0.05, 0) is 29.9 Å². The van der Waals surface area contributed by atoms with E-state index < -0.39 is 0 Å². The van der Waals surface area contributed by atoms with E-state index >= 15 is 0 Å². The highest BCUT2D eigenvalue weighted by Crippen LogP contribution is 2.38. The number of anilines is 1. The Morgan fingerprint density at radius 1 is 1.36 bits per heavy atom. The fourth-order valence-electron chi connectivity index (χ4n) is 3.28. The van der Waals surface area contributed by atoms with Gasteiger partial charge in [0.2, 0.25) is 5.91 Å². The smallest absolute Gasteiger partial charge is 0.230 e. The monoisotopic (exact) mass is 301 g/mol. The zero-order chi connectivity index (χ0) is 16.3. The van der Waals surface area contributed by atoms with Crippen LogP contribution in [-0.2, 0) is 14.9 Å². The Kier molecular flexibility index (Phi) is 5.07. The third-order valence-electron chi connectivity index (χ3n) is 4.29. The second-order valence-corrected chi connectivity index (χ2v) is 7.04. The summed E-state index contributed by atoms with van der Waals surface area (Å²) < 4.78 is 5.36. The van der Waals surface area contributed by atoms with Gasteiger partial charge in [0.05, 0.1) is 12.6 Å². The summed E-state index contributed by atoms with van der Waals surface area (Å²) in [6, 6.07) is 8.32. The predicted octanol–water partition coefficient (Wildman–Crippen LogP) is 3.93. The van der Waals surface area contributed by atoms with Gasteiger partial charge >= 0.3 is 0 Å². The van der Waals surface area contributed by atoms with E-state index in [0.717, 1.165) is 18.5 Å². The van der Waals surface area contributed by atoms with Crippen LogP contribution in [0.25, 0.3) is 0 Å². The fourth-order valence-corrected chi connectivity index (χ4v) is 3.28. The Labute approximate surface area is 134 Å². The van der Waals surface area contributed by atoms with E-state index in [0.29, 0.717) is 6.61 Å². The number of methoxy groups -OCH3 is 1. The van der Waals surface area contributed by atoms with E-state index in [1.165, 1.54) is 5.56 Å². The van der Waals surface area contributed by atoms with Crippen LogP contribution in [0.4, 0.5) is 5.69 Å². The molecule has 1 saturated heterocycles. The number of para-hydroxylation sites is 1. The normalized spacial score (nSPS) is 22.2. The van der Waals surface area contributed by atoms with E-state index in [2.05, 4.69) is 39.5 Å². The van der Waals surface area contributed by atoms with Crippen LogP contribution in [0.3, 0.4) is 0 Å². The lowest BCUT2D eigenvalue weighted by Gasteiger charge is -2.31. The predicted molar refractivity (Wildman–Crippen MR) is 91.2 cm³/mol. The molecule has 0 saturated carbocycles. The molecule has 2 atom stereocenters. The standard InChI is InChI=1S/C19H27NO2/c1-6-9-14-12-15(13-22-5)20(18(14)21)17-11-8-7-10-16(17)19(2,3)4/h6-8,10-11,14-15H,1,9,12-13H2,2-5H3/t14-,15-/m1/s1. The Balaban J connectivity index is 2.44. The number of carbonyl (C=O) groups excluding carboxylic acids is 1. The van der Waals surface area contributed by atoms with Gasteiger partial charge in [0.25, 0.3) is 0 Å². The minimum Gasteiger partial charge on any atom is -0.383 e. The topological polar surface area (TPSA) is 29.5 Å². The summed E-state index contributed by atoms with van der Waals surface area (Å²) in [5.74, 6) is 0.212. The molecular formula is C19H27NO2. The molecule has 1 aromatic carbocycles. The second kappa shape index (κ2) is 6.66. The molecule has 0 bridgehead atoms. The third-order valence-corrected chi connectivity index (χ3v) is 4.29. The average Bonchev–Trinajstić information content (AvgIpc) is 2.75. The molecule has 120 valence electrons. The molecule has 0 N–H and O–H groups in total. The molecule has 0 spiro atoms. The lowest BCUT2D eigenvalue weighted by molar-refractivity contribution is -0.120. The van der Waals surface area contributed by atoms with Crippen molar-refractivity contribution in [3.63, 3.8) is 0 Å². The maximum absolute atomic E-state index is 12.9. The van der Waals surface area contributed by atoms with Crippen molar-refractivity contribution in [1.29, 1.82) is 0 Å². The number of amides is 1. The first-order chi connectivity index (χ1) is 10.4. The van der Waals surface area contributed by atoms with E-state index in [1.54, 1.807) is 7.11 Å². The van der Waals surface area contributed by atoms with Crippen LogP contribution >= 0.6 is 0 Å². The van der Waals surface area contributed by atoms with Crippen molar-refractivity contribution < 1.29 is 9.53 Å². The maximum atomic E-state index is 12.9. The first-order valence-corrected chi connectivity index (χ1v) is 7.92. The highest BCUT2D eigenvalue weighted by atomic mass is 16.5. The van der Waals surface area contributed by atoms with Gasteiger partial charge in [-0.1, -0.05) is 45.0 Å². The van der Waals surface area contributed by atoms with Gasteiger partial charge in [0, 0.05) is 18.7 Å². The molecule has 0 unspecified atom stereocenters. The summed E-state index contributed by atoms with van der Waals surface area (Å²) in [7, 11) is 1.69. The molecule has 0 radical (unpaired) electrons. The number of nitrogens with zero attached hydrogens (tertiary/aromatic N) is 1. The molecule has 1 amide bonds. The molecule has 22 heavy (non-hydrogen) atoms. The number of hydrogen-bond donors (Lipinski definition) is 0. The molecule has 1 aliphatic heterocycles. The quantitative estimate of drug-likeness (QED) is 0.771. The molecule has 1 fully saturated rings. The van der Waals surface area contributed by atoms with Crippen molar-refractivity contribution in [3.05, 3.63) is 42.5 Å². The number of allylic oxidation sites excluding steroid dienone is 1. The van der Waals surface area contributed by atoms with Crippen molar-refractivity contribution in [2.75, 3.05) is 18.6 Å². The zero-order valence-electron chi connectivity index (χ0n) is 14.1. The van der Waals surface area contributed by atoms with Crippen molar-refractivity contribution in [3.8, 4) is 0 Å². The van der Waals surface area contributed by atoms with Crippen LogP contribution in [0.2, 0.25) is 0 Å². The van der Waals surface area contributed by atoms with Crippen LogP contribution < -0.4 is 4.90 Å². The number of ether oxygens (including phenoxy) is 1. The summed E-state index contributed by atoms with van der Waals surface area (Å²) >= 11 is 0. The van der Waals surface area contributed by atoms with Crippen molar-refractivity contribution >= 4 is 11.6 Å². The Morgan fingerprint density at radius 3 is 2.64 bits per heavy atom. The van der Waals surface area contributed by atoms with Crippen LogP contribution in [0.15, 0.2) is 36.9 Å². The summed E-state index contributed by atoms with van der Waals surface area (Å²) in [4.78, 5) is 14.8. The zero-order valence-corrected chi connectivity index (χ0v) is 14.1. The van der Waals surface area contributed by atoms with Crippen molar-refractivity contribution in [1.82, 2.24) is 0 Å². The minimum atomic E-state index is -0.00891. The second-order valence-electron chi connectivity index (χ2n) is 7.04. The SMILES string of the molecule is C=CC[C@@H]1C[C@H](COC)N(c2ccccc2C(C)(C)C)C1=O. The van der Waals surface area contributed by atoms with E-state index in [-0.39, 0.29) is 23.3 Å². The average molecular weight is 301 g/mol. The summed E-state index contributed by atoms with van der Waals surface area (Å²) in [5.41, 5.74) is 2.21. The molecule has 2 rings (SSSR count). The fraction of sp³-hybridized carbons (Fsp3) is 0.526. The van der Waals surface area contributed by atoms with E-state index in [1.807, 2.05) is 23.1 Å². The van der Waals surface area contributed by atoms with Crippen molar-refractivity contribution in [2.45, 2.75) is 45.1 Å². The van der Waals surface area contributed by atoms with Gasteiger partial charge in [-0.15, -0.1) is 6.58 Å². The molecular weight excluding hydrogens is 274 g/mol. The molecule has 1 aromatic rings. The Hall–Kier alpha value is -1.61. The van der Waals surface area contributed by atoms with Crippen LogP contribution in [0.1, 0.15) is 39.2 Å². The highest BCUT2D eigenvalue weighted by Gasteiger charge is 2.41. The van der Waals surface area contributed by atoms with E-state index in [4.69, 9.17) is 4.74 Å². The molecule has 1 aliphatic rings. The minimum absolute atomic E-state index is 0.00891. The molecule has 1 heterocycles.